The second kappa shape index (κ2) is 17.6. The second-order valence-corrected chi connectivity index (χ2v) is 12.3. The molecule has 0 saturated heterocycles. The van der Waals surface area contributed by atoms with Crippen LogP contribution in [0.25, 0.3) is 0 Å². The number of carbonyl (C=O) groups excluding carboxylic acids is 1. The highest BCUT2D eigenvalue weighted by Crippen LogP contribution is 2.33. The van der Waals surface area contributed by atoms with Gasteiger partial charge in [0.2, 0.25) is 0 Å². The number of aliphatic hydroxyl groups is 1. The molecule has 0 amide bonds. The van der Waals surface area contributed by atoms with Gasteiger partial charge in [-0.2, -0.15) is 0 Å². The molecule has 2 aromatic carbocycles. The van der Waals surface area contributed by atoms with E-state index in [0.29, 0.717) is 79.7 Å². The van der Waals surface area contributed by atoms with E-state index in [1.54, 1.807) is 36.4 Å². The summed E-state index contributed by atoms with van der Waals surface area (Å²) in [6, 6.07) is 10.0. The van der Waals surface area contributed by atoms with E-state index >= 15 is 0 Å². The van der Waals surface area contributed by atoms with Gasteiger partial charge in [0.15, 0.2) is 28.8 Å². The Bertz CT molecular complexity index is 1160. The number of ether oxygens (including phenoxy) is 7. The average molecular weight is 620 g/mol. The summed E-state index contributed by atoms with van der Waals surface area (Å²) in [7, 11) is 4.53. The minimum absolute atomic E-state index is 0.181. The van der Waals surface area contributed by atoms with Gasteiger partial charge in [-0.25, -0.2) is 0 Å². The first kappa shape index (κ1) is 37.3. The van der Waals surface area contributed by atoms with Crippen molar-refractivity contribution in [2.45, 2.75) is 71.8 Å². The zero-order chi connectivity index (χ0) is 32.9. The van der Waals surface area contributed by atoms with Gasteiger partial charge in [-0.15, -0.1) is 0 Å². The number of rotatable bonds is 20. The number of Topliss-reactive ketones (excluding diaryl/α,β-unsaturated/α-hetero) is 1. The third kappa shape index (κ3) is 12.2. The van der Waals surface area contributed by atoms with Crippen LogP contribution in [0.1, 0.15) is 70.5 Å². The van der Waals surface area contributed by atoms with Gasteiger partial charge in [0.25, 0.3) is 0 Å². The number of ketones is 1. The van der Waals surface area contributed by atoms with Crippen LogP contribution in [0.5, 0.6) is 23.0 Å². The zero-order valence-corrected chi connectivity index (χ0v) is 28.2. The summed E-state index contributed by atoms with van der Waals surface area (Å²) in [6.07, 6.45) is -1.39. The van der Waals surface area contributed by atoms with Crippen molar-refractivity contribution >= 4 is 5.78 Å². The molecule has 0 aromatic heterocycles. The Balaban J connectivity index is 1.88. The molecule has 2 aromatic rings. The topological polar surface area (TPSA) is 105 Å². The quantitative estimate of drug-likeness (QED) is 0.154. The van der Waals surface area contributed by atoms with Gasteiger partial charge in [-0.05, 0) is 84.4 Å². The molecule has 0 saturated carbocycles. The lowest BCUT2D eigenvalue weighted by Gasteiger charge is -2.29. The van der Waals surface area contributed by atoms with Crippen molar-refractivity contribution in [1.29, 1.82) is 0 Å². The van der Waals surface area contributed by atoms with Crippen LogP contribution in [0, 0.1) is 0 Å². The van der Waals surface area contributed by atoms with Gasteiger partial charge in [0.05, 0.1) is 59.0 Å². The molecule has 0 aliphatic heterocycles. The molecular formula is C34H53NO9. The largest absolute Gasteiger partial charge is 0.493 e. The molecule has 0 bridgehead atoms. The van der Waals surface area contributed by atoms with Crippen LogP contribution in [0.4, 0.5) is 0 Å². The Morgan fingerprint density at radius 2 is 1.36 bits per heavy atom. The number of hydrogen-bond donors (Lipinski definition) is 1. The highest BCUT2D eigenvalue weighted by atomic mass is 16.6. The molecule has 10 heteroatoms. The molecule has 0 fully saturated rings. The predicted octanol–water partition coefficient (Wildman–Crippen LogP) is 5.34. The van der Waals surface area contributed by atoms with Crippen molar-refractivity contribution in [3.8, 4) is 23.0 Å². The van der Waals surface area contributed by atoms with Crippen LogP contribution in [0.15, 0.2) is 36.4 Å². The Morgan fingerprint density at radius 3 is 1.98 bits per heavy atom. The number of carbonyl (C=O) groups is 1. The highest BCUT2D eigenvalue weighted by molar-refractivity contribution is 6.00. The average Bonchev–Trinajstić information content (AvgIpc) is 2.98. The van der Waals surface area contributed by atoms with E-state index < -0.39 is 17.5 Å². The SMILES string of the molecule is COc1ccc(C(=O)C(O)c2ccc(OCCN(CCOCC(C)(C)OCCOC(C)(C)C)C(C)C)c(OC)c2)cc1OC. The minimum atomic E-state index is -1.39. The van der Waals surface area contributed by atoms with Gasteiger partial charge < -0.3 is 38.3 Å². The summed E-state index contributed by atoms with van der Waals surface area (Å²) in [5.41, 5.74) is 0.104. The van der Waals surface area contributed by atoms with Crippen LogP contribution in [-0.2, 0) is 14.2 Å². The maximum Gasteiger partial charge on any atom is 0.195 e. The van der Waals surface area contributed by atoms with E-state index in [9.17, 15) is 9.90 Å². The third-order valence-electron chi connectivity index (χ3n) is 6.87. The highest BCUT2D eigenvalue weighted by Gasteiger charge is 2.23. The molecule has 1 unspecified atom stereocenters. The normalized spacial score (nSPS) is 12.8. The van der Waals surface area contributed by atoms with Crippen molar-refractivity contribution in [1.82, 2.24) is 4.90 Å². The van der Waals surface area contributed by atoms with E-state index in [1.165, 1.54) is 21.3 Å². The Hall–Kier alpha value is -2.89. The van der Waals surface area contributed by atoms with Crippen LogP contribution in [0.3, 0.4) is 0 Å². The van der Waals surface area contributed by atoms with Crippen molar-refractivity contribution in [2.24, 2.45) is 0 Å². The first-order chi connectivity index (χ1) is 20.7. The predicted molar refractivity (Wildman–Crippen MR) is 171 cm³/mol. The summed E-state index contributed by atoms with van der Waals surface area (Å²) in [6.45, 7) is 18.3. The Morgan fingerprint density at radius 1 is 0.773 bits per heavy atom. The first-order valence-electron chi connectivity index (χ1n) is 15.1. The molecule has 1 N–H and O–H groups in total. The lowest BCUT2D eigenvalue weighted by Crippen LogP contribution is -2.38. The van der Waals surface area contributed by atoms with Gasteiger partial charge in [-0.3, -0.25) is 9.69 Å². The molecule has 2 rings (SSSR count). The summed E-state index contributed by atoms with van der Waals surface area (Å²) in [4.78, 5) is 15.3. The van der Waals surface area contributed by atoms with E-state index in [0.717, 1.165) is 6.54 Å². The molecule has 44 heavy (non-hydrogen) atoms. The summed E-state index contributed by atoms with van der Waals surface area (Å²) >= 11 is 0. The molecule has 0 spiro atoms. The molecule has 248 valence electrons. The van der Waals surface area contributed by atoms with Crippen molar-refractivity contribution in [2.75, 3.05) is 67.5 Å². The maximum atomic E-state index is 13.0. The fourth-order valence-electron chi connectivity index (χ4n) is 4.38. The number of hydrogen-bond acceptors (Lipinski definition) is 10. The second-order valence-electron chi connectivity index (χ2n) is 12.3. The molecule has 0 heterocycles. The summed E-state index contributed by atoms with van der Waals surface area (Å²) in [5.74, 6) is 1.38. The van der Waals surface area contributed by atoms with E-state index in [-0.39, 0.29) is 5.60 Å². The Kier molecular flexibility index (Phi) is 14.9. The van der Waals surface area contributed by atoms with Crippen molar-refractivity contribution in [3.63, 3.8) is 0 Å². The van der Waals surface area contributed by atoms with Gasteiger partial charge in [0.1, 0.15) is 12.7 Å². The number of aliphatic hydroxyl groups excluding tert-OH is 1. The molecule has 1 atom stereocenters. The molecule has 0 radical (unpaired) electrons. The minimum Gasteiger partial charge on any atom is -0.493 e. The van der Waals surface area contributed by atoms with Crippen LogP contribution in [0.2, 0.25) is 0 Å². The van der Waals surface area contributed by atoms with Gasteiger partial charge in [0, 0.05) is 24.7 Å². The van der Waals surface area contributed by atoms with Gasteiger partial charge in [-0.1, -0.05) is 6.07 Å². The molecular weight excluding hydrogens is 566 g/mol. The zero-order valence-electron chi connectivity index (χ0n) is 28.2. The monoisotopic (exact) mass is 619 g/mol. The molecule has 0 aliphatic carbocycles. The Labute approximate surface area is 263 Å². The van der Waals surface area contributed by atoms with Crippen molar-refractivity contribution in [3.05, 3.63) is 47.5 Å². The first-order valence-corrected chi connectivity index (χ1v) is 15.1. The maximum absolute atomic E-state index is 13.0. The smallest absolute Gasteiger partial charge is 0.195 e. The number of methoxy groups -OCH3 is 3. The summed E-state index contributed by atoms with van der Waals surface area (Å²) < 4.78 is 39.7. The van der Waals surface area contributed by atoms with Gasteiger partial charge >= 0.3 is 0 Å². The van der Waals surface area contributed by atoms with E-state index in [4.69, 9.17) is 33.2 Å². The lowest BCUT2D eigenvalue weighted by molar-refractivity contribution is -0.107. The molecule has 10 nitrogen and oxygen atoms in total. The number of benzene rings is 2. The molecule has 0 aliphatic rings. The van der Waals surface area contributed by atoms with E-state index in [1.807, 2.05) is 34.6 Å². The summed E-state index contributed by atoms with van der Waals surface area (Å²) in [5, 5.41) is 10.8. The third-order valence-corrected chi connectivity index (χ3v) is 6.87. The van der Waals surface area contributed by atoms with Crippen LogP contribution in [-0.4, -0.2) is 100 Å². The fraction of sp³-hybridized carbons (Fsp3) is 0.618. The van der Waals surface area contributed by atoms with Crippen LogP contribution >= 0.6 is 0 Å². The fourth-order valence-corrected chi connectivity index (χ4v) is 4.38. The van der Waals surface area contributed by atoms with E-state index in [2.05, 4.69) is 18.7 Å². The van der Waals surface area contributed by atoms with Crippen LogP contribution < -0.4 is 18.9 Å². The lowest BCUT2D eigenvalue weighted by atomic mass is 9.99. The standard InChI is InChI=1S/C34H53NO9/c1-24(2)35(15-17-41-23-34(6,7)44-20-19-43-33(3,4)5)16-18-42-28-14-12-26(22-30(28)40-10)32(37)31(36)25-11-13-27(38-8)29(21-25)39-9/h11-14,21-22,24,32,37H,15-20,23H2,1-10H3. The van der Waals surface area contributed by atoms with Crippen molar-refractivity contribution < 1.29 is 43.1 Å². The number of nitrogens with zero attached hydrogens (tertiary/aromatic N) is 1.